The van der Waals surface area contributed by atoms with E-state index >= 15 is 0 Å². The molecule has 1 fully saturated rings. The van der Waals surface area contributed by atoms with Gasteiger partial charge in [-0.2, -0.15) is 0 Å². The number of benzene rings is 2. The van der Waals surface area contributed by atoms with Crippen molar-refractivity contribution in [2.45, 2.75) is 12.5 Å². The summed E-state index contributed by atoms with van der Waals surface area (Å²) in [5.41, 5.74) is 3.68. The van der Waals surface area contributed by atoms with Crippen LogP contribution in [0, 0.1) is 5.92 Å². The fourth-order valence-electron chi connectivity index (χ4n) is 4.35. The summed E-state index contributed by atoms with van der Waals surface area (Å²) in [6, 6.07) is 16.6. The van der Waals surface area contributed by atoms with Gasteiger partial charge in [-0.25, -0.2) is 0 Å². The monoisotopic (exact) mass is 399 g/mol. The number of amides is 1. The van der Waals surface area contributed by atoms with E-state index in [0.717, 1.165) is 36.8 Å². The second-order valence-electron chi connectivity index (χ2n) is 7.41. The second-order valence-corrected chi connectivity index (χ2v) is 7.84. The van der Waals surface area contributed by atoms with E-state index in [4.69, 9.17) is 16.3 Å². The molecule has 1 saturated heterocycles. The zero-order valence-corrected chi connectivity index (χ0v) is 16.9. The van der Waals surface area contributed by atoms with E-state index < -0.39 is 0 Å². The normalized spacial score (nSPS) is 21.1. The Morgan fingerprint density at radius 3 is 2.75 bits per heavy atom. The number of hydrogen-bond donors (Lipinski definition) is 1. The van der Waals surface area contributed by atoms with Crippen LogP contribution in [0.4, 0.5) is 11.4 Å². The third-order valence-corrected chi connectivity index (χ3v) is 6.01. The highest BCUT2D eigenvalue weighted by Gasteiger charge is 2.41. The van der Waals surface area contributed by atoms with Crippen molar-refractivity contribution in [2.75, 3.05) is 49.7 Å². The lowest BCUT2D eigenvalue weighted by atomic mass is 9.83. The third kappa shape index (κ3) is 3.82. The largest absolute Gasteiger partial charge is 0.383 e. The van der Waals surface area contributed by atoms with Gasteiger partial charge < -0.3 is 19.9 Å². The van der Waals surface area contributed by atoms with Crippen LogP contribution < -0.4 is 15.1 Å². The first-order valence-corrected chi connectivity index (χ1v) is 10.2. The molecule has 0 bridgehead atoms. The van der Waals surface area contributed by atoms with Crippen LogP contribution in [-0.4, -0.2) is 51.8 Å². The quantitative estimate of drug-likeness (QED) is 0.785. The first kappa shape index (κ1) is 19.1. The number of ether oxygens (including phenoxy) is 1. The highest BCUT2D eigenvalue weighted by atomic mass is 35.5. The summed E-state index contributed by atoms with van der Waals surface area (Å²) in [4.78, 5) is 17.8. The number of nitrogens with zero attached hydrogens (tertiary/aromatic N) is 2. The SMILES string of the molecule is COCCNC(=O)C1Cc2ccccc2N2CCN(c3ccc(Cl)cc3)CC12. The molecule has 2 aromatic carbocycles. The molecular weight excluding hydrogens is 374 g/mol. The molecule has 0 saturated carbocycles. The molecule has 1 N–H and O–H groups in total. The van der Waals surface area contributed by atoms with Crippen LogP contribution in [-0.2, 0) is 16.0 Å². The lowest BCUT2D eigenvalue weighted by molar-refractivity contribution is -0.126. The molecule has 2 heterocycles. The number of nitrogens with one attached hydrogen (secondary N) is 1. The molecule has 4 rings (SSSR count). The number of para-hydroxylation sites is 1. The van der Waals surface area contributed by atoms with E-state index in [9.17, 15) is 4.79 Å². The molecule has 2 aliphatic heterocycles. The Morgan fingerprint density at radius 2 is 1.96 bits per heavy atom. The predicted molar refractivity (Wildman–Crippen MR) is 113 cm³/mol. The van der Waals surface area contributed by atoms with Gasteiger partial charge in [0.15, 0.2) is 0 Å². The van der Waals surface area contributed by atoms with Gasteiger partial charge in [0.1, 0.15) is 0 Å². The highest BCUT2D eigenvalue weighted by molar-refractivity contribution is 6.30. The zero-order chi connectivity index (χ0) is 19.5. The van der Waals surface area contributed by atoms with Crippen molar-refractivity contribution in [3.63, 3.8) is 0 Å². The average Bonchev–Trinajstić information content (AvgIpc) is 2.73. The number of piperazine rings is 1. The van der Waals surface area contributed by atoms with Gasteiger partial charge in [0.05, 0.1) is 18.6 Å². The van der Waals surface area contributed by atoms with Crippen molar-refractivity contribution in [2.24, 2.45) is 5.92 Å². The lowest BCUT2D eigenvalue weighted by Gasteiger charge is -2.49. The van der Waals surface area contributed by atoms with Crippen LogP contribution in [0.1, 0.15) is 5.56 Å². The Morgan fingerprint density at radius 1 is 1.18 bits per heavy atom. The number of anilines is 2. The maximum absolute atomic E-state index is 13.0. The molecule has 1 amide bonds. The Kier molecular flexibility index (Phi) is 5.74. The Labute approximate surface area is 171 Å². The van der Waals surface area contributed by atoms with Crippen LogP contribution in [0.25, 0.3) is 0 Å². The second kappa shape index (κ2) is 8.41. The number of carbonyl (C=O) groups excluding carboxylic acids is 1. The van der Waals surface area contributed by atoms with E-state index in [2.05, 4.69) is 51.5 Å². The zero-order valence-electron chi connectivity index (χ0n) is 16.1. The smallest absolute Gasteiger partial charge is 0.225 e. The molecule has 5 nitrogen and oxygen atoms in total. The lowest BCUT2D eigenvalue weighted by Crippen LogP contribution is -2.61. The molecule has 0 radical (unpaired) electrons. The van der Waals surface area contributed by atoms with Gasteiger partial charge in [-0.05, 0) is 42.3 Å². The molecule has 148 valence electrons. The molecule has 6 heteroatoms. The van der Waals surface area contributed by atoms with Gasteiger partial charge >= 0.3 is 0 Å². The van der Waals surface area contributed by atoms with Gasteiger partial charge in [0, 0.05) is 49.7 Å². The van der Waals surface area contributed by atoms with Gasteiger partial charge in [-0.3, -0.25) is 4.79 Å². The van der Waals surface area contributed by atoms with Crippen molar-refractivity contribution < 1.29 is 9.53 Å². The fraction of sp³-hybridized carbons (Fsp3) is 0.409. The Balaban J connectivity index is 1.59. The molecule has 0 aliphatic carbocycles. The minimum atomic E-state index is -0.0816. The van der Waals surface area contributed by atoms with Gasteiger partial charge in [-0.15, -0.1) is 0 Å². The first-order chi connectivity index (χ1) is 13.7. The van der Waals surface area contributed by atoms with Crippen LogP contribution in [0.15, 0.2) is 48.5 Å². The number of rotatable bonds is 5. The minimum Gasteiger partial charge on any atom is -0.383 e. The van der Waals surface area contributed by atoms with Crippen LogP contribution in [0.5, 0.6) is 0 Å². The number of methoxy groups -OCH3 is 1. The highest BCUT2D eigenvalue weighted by Crippen LogP contribution is 2.37. The summed E-state index contributed by atoms with van der Waals surface area (Å²) in [7, 11) is 1.65. The maximum Gasteiger partial charge on any atom is 0.225 e. The Bertz CT molecular complexity index is 827. The Hall–Kier alpha value is -2.24. The van der Waals surface area contributed by atoms with E-state index in [0.29, 0.717) is 13.2 Å². The fourth-order valence-corrected chi connectivity index (χ4v) is 4.48. The summed E-state index contributed by atoms with van der Waals surface area (Å²) in [6.45, 7) is 3.70. The molecule has 2 aromatic rings. The summed E-state index contributed by atoms with van der Waals surface area (Å²) in [5, 5.41) is 3.79. The van der Waals surface area contributed by atoms with Crippen molar-refractivity contribution >= 4 is 28.9 Å². The first-order valence-electron chi connectivity index (χ1n) is 9.79. The van der Waals surface area contributed by atoms with Gasteiger partial charge in [-0.1, -0.05) is 29.8 Å². The number of hydrogen-bond acceptors (Lipinski definition) is 4. The minimum absolute atomic E-state index is 0.0816. The molecular formula is C22H26ClN3O2. The van der Waals surface area contributed by atoms with Crippen molar-refractivity contribution in [1.82, 2.24) is 5.32 Å². The average molecular weight is 400 g/mol. The van der Waals surface area contributed by atoms with E-state index in [1.54, 1.807) is 7.11 Å². The van der Waals surface area contributed by atoms with E-state index in [1.165, 1.54) is 11.3 Å². The van der Waals surface area contributed by atoms with Crippen molar-refractivity contribution in [3.8, 4) is 0 Å². The van der Waals surface area contributed by atoms with Crippen LogP contribution in [0.3, 0.4) is 0 Å². The topological polar surface area (TPSA) is 44.8 Å². The number of halogens is 1. The molecule has 2 atom stereocenters. The molecule has 0 aromatic heterocycles. The van der Waals surface area contributed by atoms with Gasteiger partial charge in [0.25, 0.3) is 0 Å². The summed E-state index contributed by atoms with van der Waals surface area (Å²) in [6.07, 6.45) is 0.768. The standard InChI is InChI=1S/C22H26ClN3O2/c1-28-13-10-24-22(27)19-14-16-4-2-3-5-20(16)26-12-11-25(15-21(19)26)18-8-6-17(23)7-9-18/h2-9,19,21H,10-15H2,1H3,(H,24,27). The van der Waals surface area contributed by atoms with E-state index in [1.807, 2.05) is 12.1 Å². The van der Waals surface area contributed by atoms with Crippen LogP contribution in [0.2, 0.25) is 5.02 Å². The molecule has 0 spiro atoms. The summed E-state index contributed by atoms with van der Waals surface area (Å²) >= 11 is 6.05. The van der Waals surface area contributed by atoms with Crippen molar-refractivity contribution in [3.05, 3.63) is 59.1 Å². The number of carbonyl (C=O) groups is 1. The molecule has 2 aliphatic rings. The van der Waals surface area contributed by atoms with Gasteiger partial charge in [0.2, 0.25) is 5.91 Å². The van der Waals surface area contributed by atoms with Crippen molar-refractivity contribution in [1.29, 1.82) is 0 Å². The summed E-state index contributed by atoms with van der Waals surface area (Å²) < 4.78 is 5.08. The summed E-state index contributed by atoms with van der Waals surface area (Å²) in [5.74, 6) is 0.0290. The predicted octanol–water partition coefficient (Wildman–Crippen LogP) is 2.97. The third-order valence-electron chi connectivity index (χ3n) is 5.76. The maximum atomic E-state index is 13.0. The van der Waals surface area contributed by atoms with Crippen LogP contribution >= 0.6 is 11.6 Å². The molecule has 28 heavy (non-hydrogen) atoms. The van der Waals surface area contributed by atoms with E-state index in [-0.39, 0.29) is 17.9 Å². The number of fused-ring (bicyclic) bond motifs is 3. The molecule has 2 unspecified atom stereocenters.